The van der Waals surface area contributed by atoms with Gasteiger partial charge in [0.05, 0.1) is 5.82 Å². The third-order valence-corrected chi connectivity index (χ3v) is 9.74. The first-order valence-corrected chi connectivity index (χ1v) is 17.7. The fraction of sp³-hybridized carbons (Fsp3) is 0.125. The zero-order valence-corrected chi connectivity index (χ0v) is 33.1. The Morgan fingerprint density at radius 2 is 1.28 bits per heavy atom. The molecule has 2 aromatic heterocycles. The van der Waals surface area contributed by atoms with Gasteiger partial charge >= 0.3 is 0 Å². The molecule has 0 bridgehead atoms. The van der Waals surface area contributed by atoms with Crippen molar-refractivity contribution >= 4 is 32.6 Å². The topological polar surface area (TPSA) is 43.9 Å². The van der Waals surface area contributed by atoms with E-state index in [4.69, 9.17) is 9.40 Å². The van der Waals surface area contributed by atoms with Crippen LogP contribution in [-0.2, 0) is 20.1 Å². The molecule has 0 atom stereocenters. The van der Waals surface area contributed by atoms with Crippen LogP contribution in [0.2, 0.25) is 0 Å². The van der Waals surface area contributed by atoms with E-state index >= 15 is 0 Å². The molecule has 0 fully saturated rings. The Bertz CT molecular complexity index is 2700. The van der Waals surface area contributed by atoms with Crippen molar-refractivity contribution in [1.82, 2.24) is 14.5 Å². The van der Waals surface area contributed by atoms with Gasteiger partial charge in [-0.1, -0.05) is 88.8 Å². The van der Waals surface area contributed by atoms with Gasteiger partial charge in [0.25, 0.3) is 0 Å². The van der Waals surface area contributed by atoms with Crippen molar-refractivity contribution < 1.29 is 24.5 Å². The fourth-order valence-corrected chi connectivity index (χ4v) is 7.82. The van der Waals surface area contributed by atoms with Crippen molar-refractivity contribution in [2.45, 2.75) is 41.5 Å². The number of oxazole rings is 1. The number of fused-ring (bicyclic) bond motifs is 6. The molecule has 0 spiro atoms. The molecule has 0 amide bonds. The van der Waals surface area contributed by atoms with Gasteiger partial charge in [-0.25, -0.2) is 0 Å². The molecule has 4 nitrogen and oxygen atoms in total. The van der Waals surface area contributed by atoms with Gasteiger partial charge in [0.2, 0.25) is 5.89 Å². The number of hydrogen-bond acceptors (Lipinski definition) is 3. The smallest absolute Gasteiger partial charge is 0.216 e. The van der Waals surface area contributed by atoms with E-state index in [1.807, 2.05) is 73.1 Å². The van der Waals surface area contributed by atoms with Crippen molar-refractivity contribution in [3.8, 4) is 39.7 Å². The molecule has 5 heteroatoms. The van der Waals surface area contributed by atoms with Gasteiger partial charge in [0, 0.05) is 54.7 Å². The van der Waals surface area contributed by atoms with E-state index in [2.05, 4.69) is 118 Å². The van der Waals surface area contributed by atoms with Gasteiger partial charge in [-0.3, -0.25) is 9.97 Å². The maximum absolute atomic E-state index is 6.35. The number of imidazole rings is 1. The van der Waals surface area contributed by atoms with Crippen LogP contribution in [0.1, 0.15) is 33.4 Å². The number of benzene rings is 7. The molecule has 0 saturated heterocycles. The predicted octanol–water partition coefficient (Wildman–Crippen LogP) is 12.5. The standard InChI is InChI=1S/C30H22NO.C18H17N2.Ir/c1-18-16-19(2)26(20(3)17-18)24-14-9-15-25-27(24)22-12-7-8-13-23(22)29-28(25)31-30(32-29)21-10-5-4-6-11-21;1-13-11-14(2)17(15(3)12-13)20-10-9-19-18(20)16-7-5-4-6-8-16;/h4-14,16-17H,1-3H3;4-7,9-12H,1-3H3;/q2*-1;. The van der Waals surface area contributed by atoms with E-state index in [0.29, 0.717) is 5.89 Å². The van der Waals surface area contributed by atoms with Gasteiger partial charge in [-0.15, -0.1) is 59.5 Å². The van der Waals surface area contributed by atoms with Crippen LogP contribution >= 0.6 is 0 Å². The summed E-state index contributed by atoms with van der Waals surface area (Å²) >= 11 is 0. The van der Waals surface area contributed by atoms with E-state index in [0.717, 1.165) is 44.2 Å². The van der Waals surface area contributed by atoms with Crippen molar-refractivity contribution in [3.05, 3.63) is 173 Å². The normalized spacial score (nSPS) is 11.1. The Balaban J connectivity index is 0.000000179. The zero-order valence-electron chi connectivity index (χ0n) is 30.7. The van der Waals surface area contributed by atoms with Gasteiger partial charge in [0.1, 0.15) is 5.58 Å². The minimum atomic E-state index is 0. The van der Waals surface area contributed by atoms with E-state index in [9.17, 15) is 0 Å². The van der Waals surface area contributed by atoms with Gasteiger partial charge in [0.15, 0.2) is 0 Å². The second-order valence-electron chi connectivity index (χ2n) is 13.7. The van der Waals surface area contributed by atoms with E-state index in [1.54, 1.807) is 0 Å². The molecule has 2 heterocycles. The second kappa shape index (κ2) is 14.8. The second-order valence-corrected chi connectivity index (χ2v) is 13.7. The molecule has 9 aromatic rings. The van der Waals surface area contributed by atoms with E-state index in [1.165, 1.54) is 55.6 Å². The average Bonchev–Trinajstić information content (AvgIpc) is 3.81. The van der Waals surface area contributed by atoms with Crippen molar-refractivity contribution in [2.24, 2.45) is 0 Å². The van der Waals surface area contributed by atoms with Crippen LogP contribution in [0.5, 0.6) is 0 Å². The van der Waals surface area contributed by atoms with Crippen molar-refractivity contribution in [2.75, 3.05) is 0 Å². The summed E-state index contributed by atoms with van der Waals surface area (Å²) in [7, 11) is 0. The first-order valence-electron chi connectivity index (χ1n) is 17.7. The molecule has 53 heavy (non-hydrogen) atoms. The van der Waals surface area contributed by atoms with Crippen LogP contribution in [0.15, 0.2) is 132 Å². The Morgan fingerprint density at radius 3 is 1.96 bits per heavy atom. The molecule has 0 aliphatic rings. The fourth-order valence-electron chi connectivity index (χ4n) is 7.82. The molecule has 1 radical (unpaired) electrons. The summed E-state index contributed by atoms with van der Waals surface area (Å²) in [6.45, 7) is 13.0. The molecule has 0 aliphatic carbocycles. The number of aromatic nitrogens is 3. The molecule has 263 valence electrons. The average molecular weight is 866 g/mol. The molecular weight excluding hydrogens is 827 g/mol. The minimum Gasteiger partial charge on any atom is -0.446 e. The van der Waals surface area contributed by atoms with Gasteiger partial charge < -0.3 is 8.98 Å². The SMILES string of the molecule is Cc1cc(C)c(-c2cc[c-]c3c4nc(-c5ccccc5)oc4c4ccccc4c23)c(C)c1.Cc1cc(C)c(-n2ccnc2-c2[c-]cccc2)c(C)c1.[Ir]. The van der Waals surface area contributed by atoms with E-state index in [-0.39, 0.29) is 20.1 Å². The van der Waals surface area contributed by atoms with Gasteiger partial charge in [-0.05, 0) is 86.9 Å². The summed E-state index contributed by atoms with van der Waals surface area (Å²) in [5.74, 6) is 1.57. The molecule has 0 aliphatic heterocycles. The van der Waals surface area contributed by atoms with E-state index < -0.39 is 0 Å². The Kier molecular flexibility index (Phi) is 9.98. The van der Waals surface area contributed by atoms with Crippen molar-refractivity contribution in [1.29, 1.82) is 0 Å². The Morgan fingerprint density at radius 1 is 0.642 bits per heavy atom. The molecule has 7 aromatic carbocycles. The first kappa shape index (κ1) is 35.8. The zero-order chi connectivity index (χ0) is 35.9. The van der Waals surface area contributed by atoms with Gasteiger partial charge in [-0.2, -0.15) is 0 Å². The largest absolute Gasteiger partial charge is 0.446 e. The van der Waals surface area contributed by atoms with Crippen LogP contribution in [0.3, 0.4) is 0 Å². The quantitative estimate of drug-likeness (QED) is 0.131. The summed E-state index contributed by atoms with van der Waals surface area (Å²) in [6, 6.07) is 46.4. The van der Waals surface area contributed by atoms with Crippen LogP contribution in [-0.4, -0.2) is 14.5 Å². The maximum Gasteiger partial charge on any atom is 0.216 e. The third-order valence-electron chi connectivity index (χ3n) is 9.74. The molecular formula is C48H39IrN3O-2. The van der Waals surface area contributed by atoms with Crippen LogP contribution in [0.4, 0.5) is 0 Å². The summed E-state index contributed by atoms with van der Waals surface area (Å²) in [5, 5.41) is 4.42. The summed E-state index contributed by atoms with van der Waals surface area (Å²) in [5.41, 5.74) is 15.0. The monoisotopic (exact) mass is 866 g/mol. The Labute approximate surface area is 324 Å². The molecule has 9 rings (SSSR count). The van der Waals surface area contributed by atoms with Crippen LogP contribution in [0.25, 0.3) is 72.3 Å². The van der Waals surface area contributed by atoms with Crippen LogP contribution < -0.4 is 0 Å². The van der Waals surface area contributed by atoms with Crippen LogP contribution in [0, 0.1) is 53.7 Å². The molecule has 0 unspecified atom stereocenters. The molecule has 0 N–H and O–H groups in total. The summed E-state index contributed by atoms with van der Waals surface area (Å²) in [6.07, 6.45) is 3.86. The number of rotatable bonds is 4. The van der Waals surface area contributed by atoms with Crippen molar-refractivity contribution in [3.63, 3.8) is 0 Å². The number of hydrogen-bond donors (Lipinski definition) is 0. The predicted molar refractivity (Wildman–Crippen MR) is 215 cm³/mol. The Hall–Kier alpha value is -5.61. The summed E-state index contributed by atoms with van der Waals surface area (Å²) in [4.78, 5) is 9.46. The third kappa shape index (κ3) is 6.63. The maximum atomic E-state index is 6.35. The first-order chi connectivity index (χ1) is 25.3. The summed E-state index contributed by atoms with van der Waals surface area (Å²) < 4.78 is 8.50. The number of nitrogens with zero attached hydrogens (tertiary/aromatic N) is 3. The number of aryl methyl sites for hydroxylation is 6. The minimum absolute atomic E-state index is 0. The molecule has 0 saturated carbocycles.